The van der Waals surface area contributed by atoms with Crippen LogP contribution in [0, 0.1) is 13.8 Å². The fourth-order valence-corrected chi connectivity index (χ4v) is 2.56. The third-order valence-corrected chi connectivity index (χ3v) is 2.91. The van der Waals surface area contributed by atoms with E-state index in [0.29, 0.717) is 12.2 Å². The molecule has 0 unspecified atom stereocenters. The second-order valence-corrected chi connectivity index (χ2v) is 5.58. The van der Waals surface area contributed by atoms with Crippen molar-refractivity contribution in [2.75, 3.05) is 0 Å². The molecule has 4 nitrogen and oxygen atoms in total. The zero-order chi connectivity index (χ0) is 14.8. The van der Waals surface area contributed by atoms with Crippen LogP contribution in [0.3, 0.4) is 0 Å². The predicted molar refractivity (Wildman–Crippen MR) is 73.3 cm³/mol. The Labute approximate surface area is 114 Å². The zero-order valence-corrected chi connectivity index (χ0v) is 12.5. The number of aromatic nitrogens is 1. The van der Waals surface area contributed by atoms with Gasteiger partial charge in [0.2, 0.25) is 0 Å². The number of aryl methyl sites for hydroxylation is 2. The van der Waals surface area contributed by atoms with Gasteiger partial charge in [-0.1, -0.05) is 13.8 Å². The van der Waals surface area contributed by atoms with Crippen LogP contribution in [0.1, 0.15) is 51.1 Å². The van der Waals surface area contributed by atoms with Crippen LogP contribution in [-0.2, 0) is 15.0 Å². The van der Waals surface area contributed by atoms with E-state index >= 15 is 0 Å². The third kappa shape index (κ3) is 3.88. The quantitative estimate of drug-likeness (QED) is 0.784. The number of Topliss-reactive ketones (excluding diaryl/α,β-unsaturated/α-hetero) is 1. The molecule has 1 aromatic heterocycles. The molecule has 1 heterocycles. The molecule has 0 fully saturated rings. The number of hydrogen-bond acceptors (Lipinski definition) is 4. The molecule has 0 aliphatic rings. The molecule has 1 aromatic rings. The average Bonchev–Trinajstić information content (AvgIpc) is 2.10. The highest BCUT2D eigenvalue weighted by Gasteiger charge is 2.29. The standard InChI is InChI=1S/C15H21NO3/c1-9-7-13(19-12(4)18)14(11(3)16-9)15(5,6)8-10(2)17/h7H,8H2,1-6H3. The number of carbonyl (C=O) groups is 2. The molecule has 19 heavy (non-hydrogen) atoms. The van der Waals surface area contributed by atoms with Crippen LogP contribution in [0.5, 0.6) is 5.75 Å². The molecule has 1 rings (SSSR count). The van der Waals surface area contributed by atoms with Gasteiger partial charge in [0, 0.05) is 41.8 Å². The molecule has 0 atom stereocenters. The summed E-state index contributed by atoms with van der Waals surface area (Å²) in [5.74, 6) is 0.229. The van der Waals surface area contributed by atoms with Gasteiger partial charge in [0.15, 0.2) is 0 Å². The Morgan fingerprint density at radius 2 is 1.84 bits per heavy atom. The smallest absolute Gasteiger partial charge is 0.308 e. The van der Waals surface area contributed by atoms with Crippen molar-refractivity contribution in [2.45, 2.75) is 53.4 Å². The van der Waals surface area contributed by atoms with E-state index in [-0.39, 0.29) is 11.8 Å². The van der Waals surface area contributed by atoms with Gasteiger partial charge in [0.25, 0.3) is 0 Å². The highest BCUT2D eigenvalue weighted by atomic mass is 16.5. The summed E-state index contributed by atoms with van der Waals surface area (Å²) in [6.07, 6.45) is 0.382. The first-order valence-corrected chi connectivity index (χ1v) is 6.30. The number of carbonyl (C=O) groups excluding carboxylic acids is 2. The summed E-state index contributed by atoms with van der Waals surface area (Å²) in [6.45, 7) is 10.6. The highest BCUT2D eigenvalue weighted by molar-refractivity contribution is 5.77. The highest BCUT2D eigenvalue weighted by Crippen LogP contribution is 2.36. The Hall–Kier alpha value is -1.71. The normalized spacial score (nSPS) is 11.3. The Bertz CT molecular complexity index is 518. The molecule has 0 aliphatic carbocycles. The minimum absolute atomic E-state index is 0.0961. The lowest BCUT2D eigenvalue weighted by Crippen LogP contribution is -2.24. The summed E-state index contributed by atoms with van der Waals surface area (Å²) in [5, 5.41) is 0. The summed E-state index contributed by atoms with van der Waals surface area (Å²) in [4.78, 5) is 27.1. The molecule has 0 amide bonds. The van der Waals surface area contributed by atoms with Gasteiger partial charge in [-0.05, 0) is 20.8 Å². The number of pyridine rings is 1. The maximum atomic E-state index is 11.4. The lowest BCUT2D eigenvalue weighted by Gasteiger charge is -2.27. The Morgan fingerprint density at radius 3 is 2.32 bits per heavy atom. The van der Waals surface area contributed by atoms with Crippen molar-refractivity contribution < 1.29 is 14.3 Å². The molecule has 0 radical (unpaired) electrons. The maximum Gasteiger partial charge on any atom is 0.308 e. The van der Waals surface area contributed by atoms with Crippen LogP contribution in [0.25, 0.3) is 0 Å². The summed E-state index contributed by atoms with van der Waals surface area (Å²) in [7, 11) is 0. The molecule has 0 N–H and O–H groups in total. The first-order chi connectivity index (χ1) is 8.63. The van der Waals surface area contributed by atoms with Gasteiger partial charge in [-0.2, -0.15) is 0 Å². The molecule has 0 aromatic carbocycles. The van der Waals surface area contributed by atoms with Gasteiger partial charge in [-0.15, -0.1) is 0 Å². The topological polar surface area (TPSA) is 56.3 Å². The van der Waals surface area contributed by atoms with Gasteiger partial charge in [0.1, 0.15) is 11.5 Å². The number of esters is 1. The monoisotopic (exact) mass is 263 g/mol. The number of ether oxygens (including phenoxy) is 1. The average molecular weight is 263 g/mol. The third-order valence-electron chi connectivity index (χ3n) is 2.91. The molecule has 0 saturated heterocycles. The van der Waals surface area contributed by atoms with E-state index in [9.17, 15) is 9.59 Å². The number of nitrogens with zero attached hydrogens (tertiary/aromatic N) is 1. The van der Waals surface area contributed by atoms with Gasteiger partial charge in [0.05, 0.1) is 0 Å². The number of rotatable bonds is 4. The molecule has 0 saturated carbocycles. The van der Waals surface area contributed by atoms with E-state index in [2.05, 4.69) is 4.98 Å². The van der Waals surface area contributed by atoms with Crippen LogP contribution in [-0.4, -0.2) is 16.7 Å². The van der Waals surface area contributed by atoms with Crippen molar-refractivity contribution >= 4 is 11.8 Å². The van der Waals surface area contributed by atoms with Crippen molar-refractivity contribution in [1.82, 2.24) is 4.98 Å². The minimum atomic E-state index is -0.415. The van der Waals surface area contributed by atoms with E-state index in [1.54, 1.807) is 13.0 Å². The largest absolute Gasteiger partial charge is 0.426 e. The fraction of sp³-hybridized carbons (Fsp3) is 0.533. The van der Waals surface area contributed by atoms with Crippen molar-refractivity contribution in [3.8, 4) is 5.75 Å². The van der Waals surface area contributed by atoms with Crippen LogP contribution >= 0.6 is 0 Å². The predicted octanol–water partition coefficient (Wildman–Crippen LogP) is 2.88. The molecule has 0 spiro atoms. The molecule has 4 heteroatoms. The fourth-order valence-electron chi connectivity index (χ4n) is 2.56. The van der Waals surface area contributed by atoms with Crippen LogP contribution in [0.4, 0.5) is 0 Å². The summed E-state index contributed by atoms with van der Waals surface area (Å²) in [5.41, 5.74) is 1.99. The van der Waals surface area contributed by atoms with Gasteiger partial charge >= 0.3 is 5.97 Å². The lowest BCUT2D eigenvalue weighted by atomic mass is 9.79. The summed E-state index contributed by atoms with van der Waals surface area (Å²) in [6, 6.07) is 1.74. The van der Waals surface area contributed by atoms with Gasteiger partial charge in [-0.3, -0.25) is 14.6 Å². The number of hydrogen-bond donors (Lipinski definition) is 0. The van der Waals surface area contributed by atoms with Gasteiger partial charge in [-0.25, -0.2) is 0 Å². The van der Waals surface area contributed by atoms with Crippen LogP contribution < -0.4 is 4.74 Å². The first-order valence-electron chi connectivity index (χ1n) is 6.30. The van der Waals surface area contributed by atoms with E-state index < -0.39 is 5.41 Å². The van der Waals surface area contributed by atoms with E-state index in [1.165, 1.54) is 6.92 Å². The van der Waals surface area contributed by atoms with Crippen molar-refractivity contribution in [2.24, 2.45) is 0 Å². The SMILES string of the molecule is CC(=O)CC(C)(C)c1c(OC(C)=O)cc(C)nc1C. The van der Waals surface area contributed by atoms with Crippen LogP contribution in [0.2, 0.25) is 0 Å². The minimum Gasteiger partial charge on any atom is -0.426 e. The Morgan fingerprint density at radius 1 is 1.26 bits per heavy atom. The van der Waals surface area contributed by atoms with Crippen LogP contribution in [0.15, 0.2) is 6.07 Å². The Balaban J connectivity index is 3.39. The van der Waals surface area contributed by atoms with E-state index in [1.807, 2.05) is 27.7 Å². The summed E-state index contributed by atoms with van der Waals surface area (Å²) < 4.78 is 5.28. The van der Waals surface area contributed by atoms with Crippen molar-refractivity contribution in [3.05, 3.63) is 23.0 Å². The molecule has 104 valence electrons. The summed E-state index contributed by atoms with van der Waals surface area (Å²) >= 11 is 0. The first kappa shape index (κ1) is 15.3. The molecular formula is C15H21NO3. The van der Waals surface area contributed by atoms with Crippen molar-refractivity contribution in [1.29, 1.82) is 0 Å². The molecule has 0 bridgehead atoms. The number of ketones is 1. The van der Waals surface area contributed by atoms with Crippen molar-refractivity contribution in [3.63, 3.8) is 0 Å². The molecular weight excluding hydrogens is 242 g/mol. The maximum absolute atomic E-state index is 11.4. The molecule has 0 aliphatic heterocycles. The Kier molecular flexibility index (Phi) is 4.45. The zero-order valence-electron chi connectivity index (χ0n) is 12.5. The second kappa shape index (κ2) is 5.51. The van der Waals surface area contributed by atoms with E-state index in [4.69, 9.17) is 4.74 Å². The van der Waals surface area contributed by atoms with E-state index in [0.717, 1.165) is 17.0 Å². The lowest BCUT2D eigenvalue weighted by molar-refractivity contribution is -0.131. The second-order valence-electron chi connectivity index (χ2n) is 5.58. The van der Waals surface area contributed by atoms with Gasteiger partial charge < -0.3 is 4.74 Å².